The van der Waals surface area contributed by atoms with Gasteiger partial charge in [-0.15, -0.1) is 31.4 Å². The van der Waals surface area contributed by atoms with E-state index in [9.17, 15) is 14.5 Å². The Morgan fingerprint density at radius 3 is 2.61 bits per heavy atom. The molecule has 1 saturated heterocycles. The Balaban J connectivity index is 0.00000242. The van der Waals surface area contributed by atoms with E-state index in [2.05, 4.69) is 16.8 Å². The summed E-state index contributed by atoms with van der Waals surface area (Å²) in [7, 11) is 0. The van der Waals surface area contributed by atoms with Gasteiger partial charge in [0.05, 0.1) is 4.92 Å². The van der Waals surface area contributed by atoms with Crippen molar-refractivity contribution in [2.45, 2.75) is 18.9 Å². The molecule has 0 radical (unpaired) electrons. The molecule has 1 aliphatic rings. The Morgan fingerprint density at radius 2 is 2.04 bits per heavy atom. The SMILES string of the molecule is C=CCC[C@H](c1cc([N+](=O)[O-])ccc1F)N1CCNCC1.Cl.Cl. The lowest BCUT2D eigenvalue weighted by molar-refractivity contribution is -0.385. The molecule has 1 fully saturated rings. The zero-order valence-electron chi connectivity index (χ0n) is 12.7. The lowest BCUT2D eigenvalue weighted by atomic mass is 9.98. The Kier molecular flexibility index (Phi) is 9.99. The van der Waals surface area contributed by atoms with Crippen LogP contribution in [0.2, 0.25) is 0 Å². The van der Waals surface area contributed by atoms with Gasteiger partial charge in [0.2, 0.25) is 0 Å². The standard InChI is InChI=1S/C15H20FN3O2.2ClH/c1-2-3-4-15(18-9-7-17-8-10-18)13-11-12(19(20)21)5-6-14(13)16;;/h2,5-6,11,15,17H,1,3-4,7-10H2;2*1H/t15-;;/m1../s1. The van der Waals surface area contributed by atoms with E-state index < -0.39 is 4.92 Å². The largest absolute Gasteiger partial charge is 0.314 e. The van der Waals surface area contributed by atoms with Crippen molar-refractivity contribution in [1.82, 2.24) is 10.2 Å². The van der Waals surface area contributed by atoms with Crippen molar-refractivity contribution in [3.05, 3.63) is 52.3 Å². The van der Waals surface area contributed by atoms with Gasteiger partial charge >= 0.3 is 0 Å². The summed E-state index contributed by atoms with van der Waals surface area (Å²) in [4.78, 5) is 12.6. The molecule has 0 bridgehead atoms. The molecule has 130 valence electrons. The molecule has 1 aromatic carbocycles. The predicted molar refractivity (Wildman–Crippen MR) is 94.2 cm³/mol. The van der Waals surface area contributed by atoms with Crippen LogP contribution >= 0.6 is 24.8 Å². The summed E-state index contributed by atoms with van der Waals surface area (Å²) in [6, 6.07) is 3.62. The molecule has 5 nitrogen and oxygen atoms in total. The molecule has 23 heavy (non-hydrogen) atoms. The van der Waals surface area contributed by atoms with Gasteiger partial charge in [-0.05, 0) is 18.9 Å². The summed E-state index contributed by atoms with van der Waals surface area (Å²) >= 11 is 0. The number of benzene rings is 1. The highest BCUT2D eigenvalue weighted by Gasteiger charge is 2.25. The van der Waals surface area contributed by atoms with E-state index in [1.54, 1.807) is 6.08 Å². The average molecular weight is 366 g/mol. The second-order valence-electron chi connectivity index (χ2n) is 5.13. The molecular weight excluding hydrogens is 344 g/mol. The maximum absolute atomic E-state index is 14.2. The summed E-state index contributed by atoms with van der Waals surface area (Å²) in [5, 5.41) is 14.2. The third kappa shape index (κ3) is 5.73. The maximum Gasteiger partial charge on any atom is 0.269 e. The molecule has 0 amide bonds. The van der Waals surface area contributed by atoms with Crippen LogP contribution in [0, 0.1) is 15.9 Å². The highest BCUT2D eigenvalue weighted by atomic mass is 35.5. The average Bonchev–Trinajstić information content (AvgIpc) is 2.50. The van der Waals surface area contributed by atoms with Gasteiger partial charge in [0.15, 0.2) is 0 Å². The first kappa shape index (κ1) is 21.8. The summed E-state index contributed by atoms with van der Waals surface area (Å²) in [5.74, 6) is -0.381. The Bertz CT molecular complexity index is 525. The molecule has 2 rings (SSSR count). The van der Waals surface area contributed by atoms with Gasteiger partial charge in [-0.1, -0.05) is 6.08 Å². The van der Waals surface area contributed by atoms with Crippen molar-refractivity contribution in [3.63, 3.8) is 0 Å². The number of nitro benzene ring substituents is 1. The van der Waals surface area contributed by atoms with E-state index in [0.29, 0.717) is 12.0 Å². The molecule has 0 aliphatic carbocycles. The van der Waals surface area contributed by atoms with Crippen molar-refractivity contribution in [2.24, 2.45) is 0 Å². The maximum atomic E-state index is 14.2. The number of nitrogens with one attached hydrogen (secondary N) is 1. The summed E-state index contributed by atoms with van der Waals surface area (Å²) in [6.07, 6.45) is 3.25. The quantitative estimate of drug-likeness (QED) is 0.476. The first-order valence-corrected chi connectivity index (χ1v) is 7.13. The Hall–Kier alpha value is -1.21. The normalized spacial score (nSPS) is 15.9. The minimum Gasteiger partial charge on any atom is -0.314 e. The van der Waals surface area contributed by atoms with E-state index in [1.165, 1.54) is 18.2 Å². The van der Waals surface area contributed by atoms with Gasteiger partial charge in [-0.3, -0.25) is 15.0 Å². The minimum atomic E-state index is -0.481. The number of piperazine rings is 1. The topological polar surface area (TPSA) is 58.4 Å². The smallest absolute Gasteiger partial charge is 0.269 e. The van der Waals surface area contributed by atoms with E-state index in [-0.39, 0.29) is 42.4 Å². The Labute approximate surface area is 147 Å². The molecule has 1 atom stereocenters. The third-order valence-corrected chi connectivity index (χ3v) is 3.79. The van der Waals surface area contributed by atoms with Crippen molar-refractivity contribution >= 4 is 30.5 Å². The molecule has 0 aromatic heterocycles. The van der Waals surface area contributed by atoms with Crippen LogP contribution in [0.25, 0.3) is 0 Å². The van der Waals surface area contributed by atoms with E-state index in [4.69, 9.17) is 0 Å². The zero-order valence-corrected chi connectivity index (χ0v) is 14.4. The fourth-order valence-electron chi connectivity index (χ4n) is 2.70. The van der Waals surface area contributed by atoms with Crippen LogP contribution in [0.3, 0.4) is 0 Å². The predicted octanol–water partition coefficient (Wildman–Crippen LogP) is 3.49. The highest BCUT2D eigenvalue weighted by molar-refractivity contribution is 5.85. The van der Waals surface area contributed by atoms with Crippen LogP contribution in [-0.4, -0.2) is 36.0 Å². The van der Waals surface area contributed by atoms with Gasteiger partial charge in [0.1, 0.15) is 5.82 Å². The van der Waals surface area contributed by atoms with Crippen molar-refractivity contribution in [3.8, 4) is 0 Å². The summed E-state index contributed by atoms with van der Waals surface area (Å²) in [6.45, 7) is 7.02. The molecule has 1 N–H and O–H groups in total. The lowest BCUT2D eigenvalue weighted by Crippen LogP contribution is -2.45. The van der Waals surface area contributed by atoms with Gasteiger partial charge in [0.25, 0.3) is 5.69 Å². The molecule has 1 heterocycles. The second kappa shape index (κ2) is 10.5. The van der Waals surface area contributed by atoms with Gasteiger partial charge in [0, 0.05) is 49.9 Å². The highest BCUT2D eigenvalue weighted by Crippen LogP contribution is 2.30. The number of hydrogen-bond donors (Lipinski definition) is 1. The van der Waals surface area contributed by atoms with Crippen molar-refractivity contribution < 1.29 is 9.31 Å². The fraction of sp³-hybridized carbons (Fsp3) is 0.467. The molecule has 0 saturated carbocycles. The van der Waals surface area contributed by atoms with Crippen LogP contribution in [0.4, 0.5) is 10.1 Å². The van der Waals surface area contributed by atoms with E-state index >= 15 is 0 Å². The number of rotatable bonds is 6. The first-order chi connectivity index (χ1) is 10.1. The summed E-state index contributed by atoms with van der Waals surface area (Å²) < 4.78 is 14.2. The molecular formula is C15H22Cl2FN3O2. The van der Waals surface area contributed by atoms with Gasteiger partial charge < -0.3 is 5.32 Å². The Morgan fingerprint density at radius 1 is 1.39 bits per heavy atom. The van der Waals surface area contributed by atoms with Gasteiger partial charge in [-0.2, -0.15) is 0 Å². The number of non-ortho nitro benzene ring substituents is 1. The van der Waals surface area contributed by atoms with Crippen molar-refractivity contribution in [1.29, 1.82) is 0 Å². The number of nitrogens with zero attached hydrogens (tertiary/aromatic N) is 2. The van der Waals surface area contributed by atoms with Crippen LogP contribution in [0.15, 0.2) is 30.9 Å². The zero-order chi connectivity index (χ0) is 15.2. The summed E-state index contributed by atoms with van der Waals surface area (Å²) in [5.41, 5.74) is 0.345. The van der Waals surface area contributed by atoms with Crippen LogP contribution in [-0.2, 0) is 0 Å². The van der Waals surface area contributed by atoms with E-state index in [0.717, 1.165) is 32.6 Å². The number of allylic oxidation sites excluding steroid dienone is 1. The van der Waals surface area contributed by atoms with Gasteiger partial charge in [-0.25, -0.2) is 4.39 Å². The van der Waals surface area contributed by atoms with Crippen LogP contribution in [0.5, 0.6) is 0 Å². The third-order valence-electron chi connectivity index (χ3n) is 3.79. The monoisotopic (exact) mass is 365 g/mol. The van der Waals surface area contributed by atoms with Crippen LogP contribution < -0.4 is 5.32 Å². The fourth-order valence-corrected chi connectivity index (χ4v) is 2.70. The number of halogens is 3. The van der Waals surface area contributed by atoms with Crippen molar-refractivity contribution in [2.75, 3.05) is 26.2 Å². The molecule has 1 aliphatic heterocycles. The molecule has 8 heteroatoms. The first-order valence-electron chi connectivity index (χ1n) is 7.13. The second-order valence-corrected chi connectivity index (χ2v) is 5.13. The molecule has 0 spiro atoms. The molecule has 1 aromatic rings. The lowest BCUT2D eigenvalue weighted by Gasteiger charge is -2.35. The van der Waals surface area contributed by atoms with Crippen LogP contribution in [0.1, 0.15) is 24.4 Å². The minimum absolute atomic E-state index is 0. The van der Waals surface area contributed by atoms with E-state index in [1.807, 2.05) is 0 Å². The number of nitro groups is 1. The molecule has 0 unspecified atom stereocenters. The number of hydrogen-bond acceptors (Lipinski definition) is 4.